The highest BCUT2D eigenvalue weighted by atomic mass is 16.2. The minimum atomic E-state index is -0.410. The van der Waals surface area contributed by atoms with Crippen molar-refractivity contribution < 1.29 is 9.59 Å². The Bertz CT molecular complexity index is 703. The molecule has 0 radical (unpaired) electrons. The molecule has 2 heterocycles. The number of hydrogen-bond donors (Lipinski definition) is 3. The van der Waals surface area contributed by atoms with E-state index in [-0.39, 0.29) is 5.91 Å². The van der Waals surface area contributed by atoms with Gasteiger partial charge in [0.15, 0.2) is 0 Å². The molecule has 0 aliphatic carbocycles. The van der Waals surface area contributed by atoms with Gasteiger partial charge in [0.05, 0.1) is 0 Å². The highest BCUT2D eigenvalue weighted by molar-refractivity contribution is 6.21. The maximum atomic E-state index is 12.1. The molecule has 22 heavy (non-hydrogen) atoms. The number of aliphatic imine (C=N–C) groups is 2. The highest BCUT2D eigenvalue weighted by Crippen LogP contribution is 2.22. The number of benzene rings is 1. The minimum absolute atomic E-state index is 0.139. The number of hydrogen-bond acceptors (Lipinski definition) is 5. The van der Waals surface area contributed by atoms with Crippen molar-refractivity contribution in [2.24, 2.45) is 15.9 Å². The molecule has 3 rings (SSSR count). The van der Waals surface area contributed by atoms with Crippen LogP contribution >= 0.6 is 0 Å². The van der Waals surface area contributed by atoms with Crippen molar-refractivity contribution in [2.45, 2.75) is 0 Å². The summed E-state index contributed by atoms with van der Waals surface area (Å²) in [6, 6.07) is 7.11. The van der Waals surface area contributed by atoms with Crippen molar-refractivity contribution in [1.82, 2.24) is 10.6 Å². The van der Waals surface area contributed by atoms with Crippen LogP contribution in [0.25, 0.3) is 0 Å². The summed E-state index contributed by atoms with van der Waals surface area (Å²) in [5.41, 5.74) is 2.37. The van der Waals surface area contributed by atoms with Gasteiger partial charge in [0.1, 0.15) is 18.0 Å². The number of nitrogens with one attached hydrogen (secondary N) is 3. The van der Waals surface area contributed by atoms with Crippen LogP contribution in [0.1, 0.15) is 10.4 Å². The largest absolute Gasteiger partial charge is 0.381 e. The van der Waals surface area contributed by atoms with E-state index in [9.17, 15) is 9.59 Å². The van der Waals surface area contributed by atoms with Crippen molar-refractivity contribution in [2.75, 3.05) is 18.9 Å². The average Bonchev–Trinajstić information content (AvgIpc) is 2.97. The van der Waals surface area contributed by atoms with E-state index in [2.05, 4.69) is 25.9 Å². The van der Waals surface area contributed by atoms with E-state index >= 15 is 0 Å². The smallest absolute Gasteiger partial charge is 0.241 e. The summed E-state index contributed by atoms with van der Waals surface area (Å²) in [6.45, 7) is 0.492. The van der Waals surface area contributed by atoms with E-state index in [0.29, 0.717) is 23.9 Å². The second-order valence-electron chi connectivity index (χ2n) is 4.93. The monoisotopic (exact) mass is 297 g/mol. The lowest BCUT2D eigenvalue weighted by Gasteiger charge is -2.24. The molecule has 1 atom stereocenters. The number of fused-ring (bicyclic) bond motifs is 1. The van der Waals surface area contributed by atoms with Gasteiger partial charge in [-0.3, -0.25) is 19.9 Å². The fraction of sp³-hybridized carbons (Fsp3) is 0.200. The van der Waals surface area contributed by atoms with Crippen molar-refractivity contribution in [3.05, 3.63) is 41.6 Å². The third-order valence-corrected chi connectivity index (χ3v) is 3.53. The maximum Gasteiger partial charge on any atom is 0.241 e. The summed E-state index contributed by atoms with van der Waals surface area (Å²) in [5.74, 6) is 0.455. The van der Waals surface area contributed by atoms with Gasteiger partial charge in [-0.25, -0.2) is 4.99 Å². The zero-order valence-electron chi connectivity index (χ0n) is 12.0. The quantitative estimate of drug-likeness (QED) is 0.706. The standard InChI is InChI=1S/C15H15N5O2/c1-16-15-19-13-12(14(22)20-15)10(7-18-13)6-17-11-4-2-9(8-21)3-5-11/h2-5,7-8,12,17H,6H2,1H3,(H2,16,18,19,20,22). The molecule has 1 unspecified atom stereocenters. The van der Waals surface area contributed by atoms with Gasteiger partial charge in [-0.15, -0.1) is 0 Å². The van der Waals surface area contributed by atoms with Crippen LogP contribution in [-0.2, 0) is 4.79 Å². The second kappa shape index (κ2) is 5.80. The Morgan fingerprint density at radius 2 is 2.09 bits per heavy atom. The first-order chi connectivity index (χ1) is 10.7. The van der Waals surface area contributed by atoms with Gasteiger partial charge < -0.3 is 10.6 Å². The number of nitrogens with zero attached hydrogens (tertiary/aromatic N) is 2. The number of amides is 1. The van der Waals surface area contributed by atoms with Crippen LogP contribution in [0.2, 0.25) is 0 Å². The molecular weight excluding hydrogens is 282 g/mol. The van der Waals surface area contributed by atoms with Crippen LogP contribution in [0.5, 0.6) is 0 Å². The number of carbonyl (C=O) groups excluding carboxylic acids is 2. The van der Waals surface area contributed by atoms with Crippen molar-refractivity contribution in [1.29, 1.82) is 0 Å². The minimum Gasteiger partial charge on any atom is -0.381 e. The van der Waals surface area contributed by atoms with Gasteiger partial charge in [0, 0.05) is 31.0 Å². The molecule has 0 bridgehead atoms. The van der Waals surface area contributed by atoms with Crippen molar-refractivity contribution in [3.63, 3.8) is 0 Å². The third-order valence-electron chi connectivity index (χ3n) is 3.53. The fourth-order valence-corrected chi connectivity index (χ4v) is 2.36. The summed E-state index contributed by atoms with van der Waals surface area (Å²) in [4.78, 5) is 30.9. The van der Waals surface area contributed by atoms with Gasteiger partial charge in [-0.1, -0.05) is 0 Å². The van der Waals surface area contributed by atoms with Gasteiger partial charge in [0.2, 0.25) is 11.9 Å². The lowest BCUT2D eigenvalue weighted by molar-refractivity contribution is -0.121. The predicted octanol–water partition coefficient (Wildman–Crippen LogP) is 0.528. The summed E-state index contributed by atoms with van der Waals surface area (Å²) in [6.07, 6.45) is 2.49. The molecule has 112 valence electrons. The lowest BCUT2D eigenvalue weighted by atomic mass is 9.97. The normalized spacial score (nSPS) is 21.4. The third kappa shape index (κ3) is 2.60. The van der Waals surface area contributed by atoms with Crippen LogP contribution in [0, 0.1) is 5.92 Å². The molecule has 1 fully saturated rings. The van der Waals surface area contributed by atoms with E-state index in [4.69, 9.17) is 0 Å². The molecule has 1 aromatic carbocycles. The summed E-state index contributed by atoms with van der Waals surface area (Å²) in [7, 11) is 1.59. The maximum absolute atomic E-state index is 12.1. The SMILES string of the molecule is CN=C1NC(=O)C2C(CNc3ccc(C=O)cc3)=CN=C2N1. The van der Waals surface area contributed by atoms with Crippen LogP contribution in [0.3, 0.4) is 0 Å². The van der Waals surface area contributed by atoms with Crippen molar-refractivity contribution in [3.8, 4) is 0 Å². The van der Waals surface area contributed by atoms with Gasteiger partial charge in [0.25, 0.3) is 0 Å². The molecule has 1 saturated heterocycles. The molecule has 7 heteroatoms. The van der Waals surface area contributed by atoms with Crippen LogP contribution in [0.4, 0.5) is 5.69 Å². The molecule has 1 amide bonds. The molecule has 7 nitrogen and oxygen atoms in total. The fourth-order valence-electron chi connectivity index (χ4n) is 2.36. The zero-order chi connectivity index (χ0) is 15.5. The van der Waals surface area contributed by atoms with E-state index in [1.54, 1.807) is 25.4 Å². The Balaban J connectivity index is 1.65. The van der Waals surface area contributed by atoms with Crippen LogP contribution in [0.15, 0.2) is 46.0 Å². The Hall–Kier alpha value is -2.96. The molecular formula is C15H15N5O2. The van der Waals surface area contributed by atoms with Gasteiger partial charge >= 0.3 is 0 Å². The van der Waals surface area contributed by atoms with Crippen LogP contribution < -0.4 is 16.0 Å². The Morgan fingerprint density at radius 3 is 2.77 bits per heavy atom. The zero-order valence-corrected chi connectivity index (χ0v) is 12.0. The van der Waals surface area contributed by atoms with E-state index in [1.165, 1.54) is 0 Å². The first-order valence-electron chi connectivity index (χ1n) is 6.81. The van der Waals surface area contributed by atoms with Crippen LogP contribution in [-0.4, -0.2) is 37.6 Å². The number of aldehydes is 1. The molecule has 0 spiro atoms. The van der Waals surface area contributed by atoms with E-state index in [1.807, 2.05) is 12.1 Å². The topological polar surface area (TPSA) is 95.0 Å². The van der Waals surface area contributed by atoms with Crippen molar-refractivity contribution >= 4 is 29.7 Å². The Labute approximate surface area is 127 Å². The molecule has 2 aliphatic heterocycles. The molecule has 3 N–H and O–H groups in total. The number of anilines is 1. The summed E-state index contributed by atoms with van der Waals surface area (Å²) >= 11 is 0. The molecule has 0 saturated carbocycles. The Kier molecular flexibility index (Phi) is 3.69. The molecule has 1 aromatic rings. The second-order valence-corrected chi connectivity index (χ2v) is 4.93. The number of carbonyl (C=O) groups is 2. The van der Waals surface area contributed by atoms with Gasteiger partial charge in [-0.05, 0) is 29.8 Å². The first kappa shape index (κ1) is 14.0. The lowest BCUT2D eigenvalue weighted by Crippen LogP contribution is -2.56. The first-order valence-corrected chi connectivity index (χ1v) is 6.81. The highest BCUT2D eigenvalue weighted by Gasteiger charge is 2.36. The Morgan fingerprint density at radius 1 is 1.32 bits per heavy atom. The average molecular weight is 297 g/mol. The van der Waals surface area contributed by atoms with Gasteiger partial charge in [-0.2, -0.15) is 0 Å². The molecule has 2 aliphatic rings. The molecule has 0 aromatic heterocycles. The number of amidine groups is 1. The van der Waals surface area contributed by atoms with E-state index in [0.717, 1.165) is 17.5 Å². The van der Waals surface area contributed by atoms with E-state index < -0.39 is 5.92 Å². The number of rotatable bonds is 4. The number of guanidine groups is 1. The summed E-state index contributed by atoms with van der Waals surface area (Å²) in [5, 5.41) is 8.90. The summed E-state index contributed by atoms with van der Waals surface area (Å²) < 4.78 is 0. The predicted molar refractivity (Wildman–Crippen MR) is 84.0 cm³/mol.